The van der Waals surface area contributed by atoms with Gasteiger partial charge >= 0.3 is 0 Å². The van der Waals surface area contributed by atoms with Gasteiger partial charge in [-0.25, -0.2) is 4.98 Å². The van der Waals surface area contributed by atoms with Crippen LogP contribution in [0.15, 0.2) is 18.3 Å². The average Bonchev–Trinajstić information content (AvgIpc) is 2.48. The average molecular weight is 271 g/mol. The maximum Gasteiger partial charge on any atom is 0.273 e. The Morgan fingerprint density at radius 1 is 1.50 bits per heavy atom. The first-order valence-electron chi connectivity index (χ1n) is 6.45. The molecule has 5 nitrogen and oxygen atoms in total. The van der Waals surface area contributed by atoms with Gasteiger partial charge in [0.1, 0.15) is 5.69 Å². The Hall–Kier alpha value is -2.37. The number of hydrogen-bond acceptors (Lipinski definition) is 4. The SMILES string of the molecule is CCN(CCC#N)C(=O)c1ncccc1C#CCCO. The van der Waals surface area contributed by atoms with E-state index in [1.165, 1.54) is 0 Å². The van der Waals surface area contributed by atoms with Gasteiger partial charge in [-0.3, -0.25) is 4.79 Å². The summed E-state index contributed by atoms with van der Waals surface area (Å²) in [7, 11) is 0. The minimum absolute atomic E-state index is 0.0141. The van der Waals surface area contributed by atoms with Crippen LogP contribution < -0.4 is 0 Å². The number of aliphatic hydroxyl groups is 1. The molecule has 0 saturated carbocycles. The minimum Gasteiger partial charge on any atom is -0.395 e. The van der Waals surface area contributed by atoms with Gasteiger partial charge in [0.15, 0.2) is 0 Å². The van der Waals surface area contributed by atoms with Crippen LogP contribution in [0.25, 0.3) is 0 Å². The van der Waals surface area contributed by atoms with Crippen molar-refractivity contribution in [1.82, 2.24) is 9.88 Å². The van der Waals surface area contributed by atoms with E-state index >= 15 is 0 Å². The highest BCUT2D eigenvalue weighted by molar-refractivity contribution is 5.94. The lowest BCUT2D eigenvalue weighted by Crippen LogP contribution is -2.32. The van der Waals surface area contributed by atoms with Gasteiger partial charge in [0.05, 0.1) is 24.7 Å². The number of carbonyl (C=O) groups excluding carboxylic acids is 1. The van der Waals surface area contributed by atoms with Crippen LogP contribution in [0.3, 0.4) is 0 Å². The second kappa shape index (κ2) is 8.68. The summed E-state index contributed by atoms with van der Waals surface area (Å²) < 4.78 is 0. The summed E-state index contributed by atoms with van der Waals surface area (Å²) in [6.45, 7) is 2.74. The van der Waals surface area contributed by atoms with Crippen molar-refractivity contribution in [2.45, 2.75) is 19.8 Å². The predicted octanol–water partition coefficient (Wildman–Crippen LogP) is 1.19. The van der Waals surface area contributed by atoms with E-state index in [4.69, 9.17) is 10.4 Å². The Balaban J connectivity index is 2.98. The summed E-state index contributed by atoms with van der Waals surface area (Å²) in [5, 5.41) is 17.3. The number of nitrogens with zero attached hydrogens (tertiary/aromatic N) is 3. The summed E-state index contributed by atoms with van der Waals surface area (Å²) in [6, 6.07) is 5.46. The highest BCUT2D eigenvalue weighted by Crippen LogP contribution is 2.08. The van der Waals surface area contributed by atoms with Crippen LogP contribution in [0.4, 0.5) is 0 Å². The molecule has 0 radical (unpaired) electrons. The predicted molar refractivity (Wildman–Crippen MR) is 74.6 cm³/mol. The molecule has 0 unspecified atom stereocenters. The normalized spacial score (nSPS) is 9.25. The molecule has 0 atom stereocenters. The van der Waals surface area contributed by atoms with Gasteiger partial charge in [-0.2, -0.15) is 5.26 Å². The first-order chi connectivity index (χ1) is 9.74. The molecule has 0 fully saturated rings. The fourth-order valence-corrected chi connectivity index (χ4v) is 1.63. The quantitative estimate of drug-likeness (QED) is 0.816. The lowest BCUT2D eigenvalue weighted by Gasteiger charge is -2.19. The Morgan fingerprint density at radius 2 is 2.30 bits per heavy atom. The standard InChI is InChI=1S/C15H17N3O2/c1-2-18(11-6-9-16)15(20)14-13(7-3-4-12-19)8-5-10-17-14/h5,8,10,19H,2,4,6,11-12H2,1H3. The number of amides is 1. The van der Waals surface area contributed by atoms with Crippen LogP contribution in [-0.2, 0) is 0 Å². The molecule has 1 N–H and O–H groups in total. The van der Waals surface area contributed by atoms with E-state index in [2.05, 4.69) is 16.8 Å². The molecule has 1 aromatic rings. The zero-order chi connectivity index (χ0) is 14.8. The van der Waals surface area contributed by atoms with Crippen LogP contribution in [0.2, 0.25) is 0 Å². The molecule has 0 aliphatic carbocycles. The maximum absolute atomic E-state index is 12.4. The molecule has 0 spiro atoms. The first-order valence-corrected chi connectivity index (χ1v) is 6.45. The van der Waals surface area contributed by atoms with Crippen molar-refractivity contribution < 1.29 is 9.90 Å². The maximum atomic E-state index is 12.4. The number of rotatable bonds is 5. The summed E-state index contributed by atoms with van der Waals surface area (Å²) in [6.07, 6.45) is 2.19. The van der Waals surface area contributed by atoms with Gasteiger partial charge < -0.3 is 10.0 Å². The lowest BCUT2D eigenvalue weighted by molar-refractivity contribution is 0.0761. The highest BCUT2D eigenvalue weighted by atomic mass is 16.2. The molecule has 0 aromatic carbocycles. The Labute approximate surface area is 118 Å². The second-order valence-electron chi connectivity index (χ2n) is 3.97. The molecular formula is C15H17N3O2. The Morgan fingerprint density at radius 3 is 2.95 bits per heavy atom. The summed E-state index contributed by atoms with van der Waals surface area (Å²) in [5.41, 5.74) is 0.832. The van der Waals surface area contributed by atoms with Crippen molar-refractivity contribution in [2.24, 2.45) is 0 Å². The van der Waals surface area contributed by atoms with E-state index in [0.717, 1.165) is 0 Å². The third kappa shape index (κ3) is 4.38. The topological polar surface area (TPSA) is 77.2 Å². The molecule has 1 amide bonds. The van der Waals surface area contributed by atoms with Crippen LogP contribution in [0.1, 0.15) is 35.8 Å². The van der Waals surface area contributed by atoms with E-state index in [1.54, 1.807) is 23.2 Å². The van der Waals surface area contributed by atoms with Crippen molar-refractivity contribution in [2.75, 3.05) is 19.7 Å². The Bertz CT molecular complexity index is 552. The zero-order valence-corrected chi connectivity index (χ0v) is 11.5. The number of hydrogen-bond donors (Lipinski definition) is 1. The number of aromatic nitrogens is 1. The lowest BCUT2D eigenvalue weighted by atomic mass is 10.1. The Kier molecular flexibility index (Phi) is 6.81. The monoisotopic (exact) mass is 271 g/mol. The van der Waals surface area contributed by atoms with E-state index < -0.39 is 0 Å². The van der Waals surface area contributed by atoms with Crippen molar-refractivity contribution in [1.29, 1.82) is 5.26 Å². The van der Waals surface area contributed by atoms with E-state index in [9.17, 15) is 4.79 Å². The largest absolute Gasteiger partial charge is 0.395 e. The number of carbonyl (C=O) groups is 1. The van der Waals surface area contributed by atoms with Gasteiger partial charge in [-0.15, -0.1) is 0 Å². The molecule has 20 heavy (non-hydrogen) atoms. The van der Waals surface area contributed by atoms with Crippen LogP contribution >= 0.6 is 0 Å². The zero-order valence-electron chi connectivity index (χ0n) is 11.5. The fraction of sp³-hybridized carbons (Fsp3) is 0.400. The smallest absolute Gasteiger partial charge is 0.273 e. The molecule has 1 aromatic heterocycles. The van der Waals surface area contributed by atoms with Crippen molar-refractivity contribution in [3.05, 3.63) is 29.6 Å². The van der Waals surface area contributed by atoms with Crippen LogP contribution in [0.5, 0.6) is 0 Å². The van der Waals surface area contributed by atoms with Crippen molar-refractivity contribution in [3.63, 3.8) is 0 Å². The second-order valence-corrected chi connectivity index (χ2v) is 3.97. The van der Waals surface area contributed by atoms with E-state index in [1.807, 2.05) is 13.0 Å². The number of aliphatic hydroxyl groups excluding tert-OH is 1. The summed E-state index contributed by atoms with van der Waals surface area (Å²) in [5.74, 6) is 5.40. The minimum atomic E-state index is -0.225. The van der Waals surface area contributed by atoms with Crippen molar-refractivity contribution >= 4 is 5.91 Å². The van der Waals surface area contributed by atoms with Gasteiger partial charge in [0, 0.05) is 25.7 Å². The van der Waals surface area contributed by atoms with E-state index in [0.29, 0.717) is 25.1 Å². The van der Waals surface area contributed by atoms with Gasteiger partial charge in [-0.1, -0.05) is 11.8 Å². The molecule has 0 aliphatic heterocycles. The van der Waals surface area contributed by atoms with Crippen molar-refractivity contribution in [3.8, 4) is 17.9 Å². The van der Waals surface area contributed by atoms with E-state index in [-0.39, 0.29) is 24.6 Å². The fourth-order valence-electron chi connectivity index (χ4n) is 1.63. The highest BCUT2D eigenvalue weighted by Gasteiger charge is 2.17. The van der Waals surface area contributed by atoms with Gasteiger partial charge in [0.25, 0.3) is 5.91 Å². The summed E-state index contributed by atoms with van der Waals surface area (Å²) in [4.78, 5) is 18.0. The number of nitriles is 1. The molecule has 1 heterocycles. The molecule has 1 rings (SSSR count). The van der Waals surface area contributed by atoms with Crippen LogP contribution in [0, 0.1) is 23.2 Å². The third-order valence-corrected chi connectivity index (χ3v) is 2.63. The first kappa shape index (κ1) is 15.7. The molecule has 0 aliphatic rings. The van der Waals surface area contributed by atoms with Gasteiger partial charge in [-0.05, 0) is 19.1 Å². The third-order valence-electron chi connectivity index (χ3n) is 2.63. The molecule has 0 saturated heterocycles. The molecule has 0 bridgehead atoms. The number of pyridine rings is 1. The molecular weight excluding hydrogens is 254 g/mol. The van der Waals surface area contributed by atoms with Gasteiger partial charge in [0.2, 0.25) is 0 Å². The summed E-state index contributed by atoms with van der Waals surface area (Å²) >= 11 is 0. The van der Waals surface area contributed by atoms with Crippen LogP contribution in [-0.4, -0.2) is 40.6 Å². The molecule has 5 heteroatoms. The molecule has 104 valence electrons.